The van der Waals surface area contributed by atoms with Crippen LogP contribution in [0.4, 0.5) is 23.1 Å². The Kier molecular flexibility index (Phi) is 5.78. The van der Waals surface area contributed by atoms with Gasteiger partial charge in [-0.2, -0.15) is 4.98 Å². The lowest BCUT2D eigenvalue weighted by Gasteiger charge is -2.27. The Morgan fingerprint density at radius 1 is 1.29 bits per heavy atom. The molecule has 11 heteroatoms. The number of nitrogens with zero attached hydrogens (tertiary/aromatic N) is 3. The molecule has 2 amide bonds. The smallest absolute Gasteiger partial charge is 0.240 e. The van der Waals surface area contributed by atoms with E-state index in [-0.39, 0.29) is 42.2 Å². The first-order chi connectivity index (χ1) is 16.4. The molecule has 4 atom stereocenters. The molecule has 2 aromatic rings. The summed E-state index contributed by atoms with van der Waals surface area (Å²) in [5.41, 5.74) is 8.00. The van der Waals surface area contributed by atoms with Crippen LogP contribution in [0.1, 0.15) is 12.0 Å². The molecule has 0 spiro atoms. The normalized spacial score (nSPS) is 25.1. The van der Waals surface area contributed by atoms with Crippen LogP contribution in [0, 0.1) is 17.8 Å². The van der Waals surface area contributed by atoms with Gasteiger partial charge in [-0.3, -0.25) is 9.59 Å². The predicted octanol–water partition coefficient (Wildman–Crippen LogP) is 2.04. The van der Waals surface area contributed by atoms with Gasteiger partial charge in [-0.15, -0.1) is 0 Å². The number of nitrogens with one attached hydrogen (secondary N) is 3. The van der Waals surface area contributed by atoms with Gasteiger partial charge in [0.05, 0.1) is 37.1 Å². The molecule has 1 saturated carbocycles. The lowest BCUT2D eigenvalue weighted by molar-refractivity contribution is -0.122. The highest BCUT2D eigenvalue weighted by Crippen LogP contribution is 2.45. The van der Waals surface area contributed by atoms with Crippen LogP contribution in [0.2, 0.25) is 5.02 Å². The van der Waals surface area contributed by atoms with Gasteiger partial charge in [0.1, 0.15) is 10.8 Å². The van der Waals surface area contributed by atoms with E-state index >= 15 is 0 Å². The van der Waals surface area contributed by atoms with Crippen LogP contribution in [0.5, 0.6) is 5.75 Å². The third-order valence-electron chi connectivity index (χ3n) is 6.81. The number of aromatic nitrogens is 2. The van der Waals surface area contributed by atoms with E-state index in [1.807, 2.05) is 12.1 Å². The first-order valence-electron chi connectivity index (χ1n) is 11.1. The maximum Gasteiger partial charge on any atom is 0.240 e. The summed E-state index contributed by atoms with van der Waals surface area (Å²) in [6.07, 6.45) is 6.56. The van der Waals surface area contributed by atoms with Gasteiger partial charge in [-0.25, -0.2) is 4.98 Å². The van der Waals surface area contributed by atoms with Crippen molar-refractivity contribution in [1.82, 2.24) is 15.3 Å². The Morgan fingerprint density at radius 3 is 2.85 bits per heavy atom. The second-order valence-electron chi connectivity index (χ2n) is 8.80. The zero-order valence-electron chi connectivity index (χ0n) is 18.8. The third-order valence-corrected chi connectivity index (χ3v) is 7.09. The molecule has 178 valence electrons. The number of carbonyl (C=O) groups excluding carboxylic acids is 2. The number of nitrogens with two attached hydrogens (primary N) is 1. The summed E-state index contributed by atoms with van der Waals surface area (Å²) >= 11 is 6.39. The van der Waals surface area contributed by atoms with Crippen molar-refractivity contribution in [1.29, 1.82) is 0 Å². The number of rotatable bonds is 6. The summed E-state index contributed by atoms with van der Waals surface area (Å²) in [6.45, 7) is 0.808. The van der Waals surface area contributed by atoms with Crippen molar-refractivity contribution in [2.45, 2.75) is 19.0 Å². The fourth-order valence-electron chi connectivity index (χ4n) is 5.10. The monoisotopic (exact) mass is 483 g/mol. The van der Waals surface area contributed by atoms with Crippen LogP contribution in [0.25, 0.3) is 0 Å². The van der Waals surface area contributed by atoms with E-state index in [4.69, 9.17) is 22.1 Å². The van der Waals surface area contributed by atoms with E-state index in [1.165, 1.54) is 6.20 Å². The molecule has 3 aliphatic rings. The highest BCUT2D eigenvalue weighted by molar-refractivity contribution is 6.32. The number of hydrogen-bond acceptors (Lipinski definition) is 8. The first-order valence-corrected chi connectivity index (χ1v) is 11.5. The number of hydrogen-bond donors (Lipinski definition) is 4. The van der Waals surface area contributed by atoms with Gasteiger partial charge in [0.25, 0.3) is 0 Å². The molecule has 5 N–H and O–H groups in total. The van der Waals surface area contributed by atoms with Crippen molar-refractivity contribution in [3.8, 4) is 5.75 Å². The number of ether oxygens (including phenoxy) is 1. The van der Waals surface area contributed by atoms with Crippen molar-refractivity contribution < 1.29 is 14.3 Å². The Morgan fingerprint density at radius 2 is 2.09 bits per heavy atom. The minimum atomic E-state index is -0.333. The Hall–Kier alpha value is -3.37. The van der Waals surface area contributed by atoms with Gasteiger partial charge in [0, 0.05) is 19.6 Å². The fourth-order valence-corrected chi connectivity index (χ4v) is 5.25. The van der Waals surface area contributed by atoms with Crippen LogP contribution in [0.15, 0.2) is 30.5 Å². The quantitative estimate of drug-likeness (QED) is 0.458. The number of halogens is 1. The maximum absolute atomic E-state index is 12.3. The molecule has 2 bridgehead atoms. The first kappa shape index (κ1) is 22.4. The molecule has 2 aliphatic carbocycles. The largest absolute Gasteiger partial charge is 0.495 e. The number of likely N-dealkylation sites (N-methyl/N-ethyl adjacent to an activating group) is 1. The zero-order chi connectivity index (χ0) is 24.0. The van der Waals surface area contributed by atoms with E-state index in [0.717, 1.165) is 17.7 Å². The predicted molar refractivity (Wildman–Crippen MR) is 129 cm³/mol. The van der Waals surface area contributed by atoms with Gasteiger partial charge in [0.2, 0.25) is 17.8 Å². The lowest BCUT2D eigenvalue weighted by atomic mass is 9.88. The summed E-state index contributed by atoms with van der Waals surface area (Å²) in [5.74, 6) is 0.940. The molecular formula is C23H26ClN7O3. The third kappa shape index (κ3) is 3.92. The van der Waals surface area contributed by atoms with Crippen molar-refractivity contribution in [2.75, 3.05) is 36.2 Å². The molecule has 10 nitrogen and oxygen atoms in total. The maximum atomic E-state index is 12.3. The Balaban J connectivity index is 1.43. The number of allylic oxidation sites excluding steroid dienone is 1. The van der Waals surface area contributed by atoms with Crippen LogP contribution < -0.4 is 31.3 Å². The molecule has 2 heterocycles. The number of fused-ring (bicyclic) bond motifs is 3. The highest BCUT2D eigenvalue weighted by Gasteiger charge is 2.47. The molecule has 1 aromatic carbocycles. The Labute approximate surface area is 201 Å². The molecule has 0 saturated heterocycles. The number of benzene rings is 1. The molecule has 1 fully saturated rings. The topological polar surface area (TPSA) is 134 Å². The minimum absolute atomic E-state index is 0.0342. The van der Waals surface area contributed by atoms with Crippen LogP contribution >= 0.6 is 11.6 Å². The van der Waals surface area contributed by atoms with Crippen molar-refractivity contribution >= 4 is 46.6 Å². The number of anilines is 4. The van der Waals surface area contributed by atoms with E-state index < -0.39 is 0 Å². The van der Waals surface area contributed by atoms with E-state index in [0.29, 0.717) is 34.8 Å². The lowest BCUT2D eigenvalue weighted by Crippen LogP contribution is -2.41. The van der Waals surface area contributed by atoms with Crippen LogP contribution in [-0.4, -0.2) is 48.5 Å². The fraction of sp³-hybridized carbons (Fsp3) is 0.391. The average Bonchev–Trinajstić information content (AvgIpc) is 3.39. The van der Waals surface area contributed by atoms with Gasteiger partial charge >= 0.3 is 0 Å². The zero-order valence-corrected chi connectivity index (χ0v) is 19.6. The molecule has 1 aromatic heterocycles. The van der Waals surface area contributed by atoms with Crippen molar-refractivity contribution in [3.05, 3.63) is 41.1 Å². The molecular weight excluding hydrogens is 458 g/mol. The van der Waals surface area contributed by atoms with Gasteiger partial charge in [0.15, 0.2) is 5.82 Å². The van der Waals surface area contributed by atoms with E-state index in [1.54, 1.807) is 19.1 Å². The second-order valence-corrected chi connectivity index (χ2v) is 9.21. The average molecular weight is 484 g/mol. The Bertz CT molecular complexity index is 1190. The molecule has 34 heavy (non-hydrogen) atoms. The standard InChI is InChI=1S/C23H26ClN7O3/c1-31-16-7-15(17(34-2)6-13(16)8-26-10-18(31)32)28-23-27-9-14(24)22(30-23)29-20-12-4-3-11(5-12)19(20)21(25)33/h3-4,6-7,9,11-12,19-20,26H,5,8,10H2,1-2H3,(H2,25,33)(H2,27,28,29,30)/t11-,12+,19?,20?/m1/s1. The molecule has 5 rings (SSSR count). The summed E-state index contributed by atoms with van der Waals surface area (Å²) in [6, 6.07) is 3.55. The summed E-state index contributed by atoms with van der Waals surface area (Å²) < 4.78 is 5.57. The van der Waals surface area contributed by atoms with Crippen LogP contribution in [-0.2, 0) is 16.1 Å². The summed E-state index contributed by atoms with van der Waals surface area (Å²) in [4.78, 5) is 34.8. The van der Waals surface area contributed by atoms with E-state index in [9.17, 15) is 9.59 Å². The minimum Gasteiger partial charge on any atom is -0.495 e. The van der Waals surface area contributed by atoms with Gasteiger partial charge in [-0.05, 0) is 36.0 Å². The summed E-state index contributed by atoms with van der Waals surface area (Å²) in [5, 5.41) is 9.97. The second kappa shape index (κ2) is 8.77. The SMILES string of the molecule is COc1cc2c(cc1Nc1ncc(Cl)c(NC3C(C(N)=O)[C@@H]4C=C[C@H]3C4)n1)N(C)C(=O)CNC2. The van der Waals surface area contributed by atoms with Crippen molar-refractivity contribution in [2.24, 2.45) is 23.5 Å². The van der Waals surface area contributed by atoms with E-state index in [2.05, 4.69) is 38.1 Å². The van der Waals surface area contributed by atoms with Crippen molar-refractivity contribution in [3.63, 3.8) is 0 Å². The number of methoxy groups -OCH3 is 1. The molecule has 0 radical (unpaired) electrons. The number of carbonyl (C=O) groups is 2. The highest BCUT2D eigenvalue weighted by atomic mass is 35.5. The van der Waals surface area contributed by atoms with Gasteiger partial charge < -0.3 is 31.3 Å². The number of amides is 2. The molecule has 1 aliphatic heterocycles. The molecule has 2 unspecified atom stereocenters. The van der Waals surface area contributed by atoms with Gasteiger partial charge in [-0.1, -0.05) is 23.8 Å². The number of primary amides is 1. The van der Waals surface area contributed by atoms with Crippen LogP contribution in [0.3, 0.4) is 0 Å². The summed E-state index contributed by atoms with van der Waals surface area (Å²) in [7, 11) is 3.32.